The third kappa shape index (κ3) is 3.71. The Labute approximate surface area is 208 Å². The van der Waals surface area contributed by atoms with E-state index in [-0.39, 0.29) is 40.8 Å². The fraction of sp³-hybridized carbons (Fsp3) is 0.967. The number of hydrogen-bond donors (Lipinski definition) is 3. The van der Waals surface area contributed by atoms with Gasteiger partial charge in [-0.05, 0) is 116 Å². The molecule has 0 aromatic heterocycles. The van der Waals surface area contributed by atoms with Crippen LogP contribution in [-0.4, -0.2) is 34.0 Å². The second-order valence-corrected chi connectivity index (χ2v) is 14.3. The van der Waals surface area contributed by atoms with E-state index >= 15 is 0 Å². The highest BCUT2D eigenvalue weighted by Crippen LogP contribution is 2.75. The summed E-state index contributed by atoms with van der Waals surface area (Å²) in [7, 11) is 0. The van der Waals surface area contributed by atoms with Gasteiger partial charge >= 0.3 is 5.97 Å². The van der Waals surface area contributed by atoms with Gasteiger partial charge in [-0.1, -0.05) is 48.0 Å². The first-order valence-electron chi connectivity index (χ1n) is 14.4. The maximum absolute atomic E-state index is 12.8. The third-order valence-corrected chi connectivity index (χ3v) is 12.7. The summed E-state index contributed by atoms with van der Waals surface area (Å²) < 4.78 is 0. The second kappa shape index (κ2) is 9.05. The maximum atomic E-state index is 12.8. The largest absolute Gasteiger partial charge is 0.481 e. The highest BCUT2D eigenvalue weighted by atomic mass is 16.4. The molecule has 4 fully saturated rings. The molecule has 1 unspecified atom stereocenters. The number of aliphatic hydroxyl groups is 2. The van der Waals surface area contributed by atoms with E-state index in [9.17, 15) is 20.1 Å². The monoisotopic (exact) mass is 476 g/mol. The summed E-state index contributed by atoms with van der Waals surface area (Å²) in [6.45, 7) is 14.1. The van der Waals surface area contributed by atoms with Gasteiger partial charge in [-0.2, -0.15) is 0 Å². The number of carboxylic acid groups (broad SMARTS) is 1. The van der Waals surface area contributed by atoms with Gasteiger partial charge in [0.1, 0.15) is 0 Å². The van der Waals surface area contributed by atoms with Crippen molar-refractivity contribution in [2.45, 2.75) is 118 Å². The van der Waals surface area contributed by atoms with Crippen molar-refractivity contribution >= 4 is 5.97 Å². The van der Waals surface area contributed by atoms with Gasteiger partial charge in [0, 0.05) is 6.61 Å². The lowest BCUT2D eigenvalue weighted by Gasteiger charge is -2.69. The Morgan fingerprint density at radius 2 is 1.65 bits per heavy atom. The molecule has 3 N–H and O–H groups in total. The van der Waals surface area contributed by atoms with Crippen LogP contribution in [0.25, 0.3) is 0 Å². The van der Waals surface area contributed by atoms with Gasteiger partial charge < -0.3 is 15.3 Å². The lowest BCUT2D eigenvalue weighted by atomic mass is 9.35. The molecular formula is C30H52O4. The van der Waals surface area contributed by atoms with Gasteiger partial charge in [0.05, 0.1) is 11.5 Å². The molecule has 10 atom stereocenters. The first-order chi connectivity index (χ1) is 15.9. The van der Waals surface area contributed by atoms with Crippen LogP contribution in [0, 0.1) is 57.2 Å². The zero-order valence-corrected chi connectivity index (χ0v) is 22.8. The predicted octanol–water partition coefficient (Wildman–Crippen LogP) is 6.53. The minimum absolute atomic E-state index is 0.148. The molecule has 0 bridgehead atoms. The minimum Gasteiger partial charge on any atom is -0.481 e. The molecule has 0 aliphatic heterocycles. The predicted molar refractivity (Wildman–Crippen MR) is 136 cm³/mol. The molecule has 4 nitrogen and oxygen atoms in total. The van der Waals surface area contributed by atoms with Crippen LogP contribution in [0.5, 0.6) is 0 Å². The Balaban J connectivity index is 1.68. The lowest BCUT2D eigenvalue weighted by Crippen LogP contribution is -2.63. The quantitative estimate of drug-likeness (QED) is 0.390. The zero-order valence-electron chi connectivity index (χ0n) is 22.8. The van der Waals surface area contributed by atoms with Crippen LogP contribution in [0.2, 0.25) is 0 Å². The molecule has 4 saturated carbocycles. The average molecular weight is 477 g/mol. The topological polar surface area (TPSA) is 77.8 Å². The normalized spacial score (nSPS) is 48.0. The molecule has 4 heteroatoms. The Bertz CT molecular complexity index is 765. The van der Waals surface area contributed by atoms with Crippen molar-refractivity contribution in [2.75, 3.05) is 6.61 Å². The Morgan fingerprint density at radius 3 is 2.26 bits per heavy atom. The summed E-state index contributed by atoms with van der Waals surface area (Å²) >= 11 is 0. The molecule has 34 heavy (non-hydrogen) atoms. The van der Waals surface area contributed by atoms with E-state index in [4.69, 9.17) is 0 Å². The van der Waals surface area contributed by atoms with Gasteiger partial charge in [-0.25, -0.2) is 0 Å². The lowest BCUT2D eigenvalue weighted by molar-refractivity contribution is -0.215. The van der Waals surface area contributed by atoms with Gasteiger partial charge in [0.15, 0.2) is 0 Å². The number of carboxylic acids is 1. The van der Waals surface area contributed by atoms with E-state index < -0.39 is 11.4 Å². The van der Waals surface area contributed by atoms with Gasteiger partial charge in [-0.3, -0.25) is 4.79 Å². The Hall–Kier alpha value is -0.610. The fourth-order valence-corrected chi connectivity index (χ4v) is 10.3. The van der Waals surface area contributed by atoms with Crippen LogP contribution in [0.15, 0.2) is 0 Å². The second-order valence-electron chi connectivity index (χ2n) is 14.3. The number of hydrogen-bond acceptors (Lipinski definition) is 3. The molecule has 0 aromatic rings. The summed E-state index contributed by atoms with van der Waals surface area (Å²) in [6.07, 6.45) is 11.4. The molecule has 0 saturated heterocycles. The Morgan fingerprint density at radius 1 is 0.941 bits per heavy atom. The average Bonchev–Trinajstić information content (AvgIpc) is 3.18. The molecule has 4 aliphatic rings. The molecule has 196 valence electrons. The summed E-state index contributed by atoms with van der Waals surface area (Å²) in [5.74, 6) is 1.50. The molecule has 4 rings (SSSR count). The molecule has 0 radical (unpaired) electrons. The highest BCUT2D eigenvalue weighted by Gasteiger charge is 2.70. The zero-order chi connectivity index (χ0) is 25.1. The molecule has 4 aliphatic carbocycles. The number of carbonyl (C=O) groups is 1. The minimum atomic E-state index is -0.583. The van der Waals surface area contributed by atoms with E-state index in [0.29, 0.717) is 23.7 Å². The fourth-order valence-electron chi connectivity index (χ4n) is 10.3. The summed E-state index contributed by atoms with van der Waals surface area (Å²) in [5, 5.41) is 31.1. The van der Waals surface area contributed by atoms with Crippen molar-refractivity contribution in [2.24, 2.45) is 57.2 Å². The van der Waals surface area contributed by atoms with E-state index in [2.05, 4.69) is 41.5 Å². The van der Waals surface area contributed by atoms with Gasteiger partial charge in [0.25, 0.3) is 0 Å². The molecular weight excluding hydrogens is 424 g/mol. The molecule has 0 aromatic carbocycles. The van der Waals surface area contributed by atoms with Crippen molar-refractivity contribution < 1.29 is 20.1 Å². The van der Waals surface area contributed by atoms with E-state index in [1.165, 1.54) is 25.7 Å². The van der Waals surface area contributed by atoms with Crippen LogP contribution < -0.4 is 0 Å². The molecule has 0 spiro atoms. The molecule has 0 amide bonds. The van der Waals surface area contributed by atoms with Crippen molar-refractivity contribution in [3.8, 4) is 0 Å². The van der Waals surface area contributed by atoms with Crippen molar-refractivity contribution in [3.63, 3.8) is 0 Å². The maximum Gasteiger partial charge on any atom is 0.309 e. The SMILES string of the molecule is CC(C)[C@@H](O)CC[C@@]1(C)CCC[C@]2(C)[C@@H]1CC[C@@H]1[C@H]3[C@H](C(C)CO)CC[C@]3(C(=O)O)CC[C@]12C. The summed E-state index contributed by atoms with van der Waals surface area (Å²) in [6, 6.07) is 0. The Kier molecular flexibility index (Phi) is 7.04. The molecule has 0 heterocycles. The number of fused-ring (bicyclic) bond motifs is 5. The van der Waals surface area contributed by atoms with Crippen LogP contribution in [0.4, 0.5) is 0 Å². The standard InChI is InChI=1S/C30H52O4/c1-19(2)23(32)11-14-27(4)12-7-13-29(6)24(27)9-8-22-25-21(20(3)18-31)10-15-30(25,26(33)34)17-16-28(22,29)5/h19-25,31-32H,7-18H2,1-6H3,(H,33,34)/t20?,21-,22+,23-,24+,25+,27+,28+,29+,30-/m0/s1. The van der Waals surface area contributed by atoms with Crippen molar-refractivity contribution in [3.05, 3.63) is 0 Å². The van der Waals surface area contributed by atoms with Crippen molar-refractivity contribution in [1.29, 1.82) is 0 Å². The van der Waals surface area contributed by atoms with Gasteiger partial charge in [-0.15, -0.1) is 0 Å². The van der Waals surface area contributed by atoms with E-state index in [1.807, 2.05) is 0 Å². The van der Waals surface area contributed by atoms with Crippen LogP contribution in [0.1, 0.15) is 112 Å². The smallest absolute Gasteiger partial charge is 0.309 e. The van der Waals surface area contributed by atoms with Gasteiger partial charge in [0.2, 0.25) is 0 Å². The third-order valence-electron chi connectivity index (χ3n) is 12.7. The van der Waals surface area contributed by atoms with Crippen LogP contribution >= 0.6 is 0 Å². The van der Waals surface area contributed by atoms with Crippen LogP contribution in [-0.2, 0) is 4.79 Å². The van der Waals surface area contributed by atoms with Crippen LogP contribution in [0.3, 0.4) is 0 Å². The summed E-state index contributed by atoms with van der Waals surface area (Å²) in [4.78, 5) is 12.8. The van der Waals surface area contributed by atoms with Crippen molar-refractivity contribution in [1.82, 2.24) is 0 Å². The van der Waals surface area contributed by atoms with E-state index in [1.54, 1.807) is 0 Å². The first kappa shape index (κ1) is 26.5. The highest BCUT2D eigenvalue weighted by molar-refractivity contribution is 5.76. The van der Waals surface area contributed by atoms with E-state index in [0.717, 1.165) is 44.9 Å². The number of aliphatic hydroxyl groups excluding tert-OH is 2. The number of rotatable bonds is 7. The summed E-state index contributed by atoms with van der Waals surface area (Å²) in [5.41, 5.74) is 0.0358. The number of aliphatic carboxylic acids is 1. The first-order valence-corrected chi connectivity index (χ1v) is 14.4.